The molecule has 0 atom stereocenters. The second-order valence-corrected chi connectivity index (χ2v) is 8.56. The molecule has 4 nitrogen and oxygen atoms in total. The Hall–Kier alpha value is -2.04. The maximum atomic E-state index is 11.7. The molecule has 4 rings (SSSR count). The van der Waals surface area contributed by atoms with E-state index in [0.29, 0.717) is 16.6 Å². The minimum atomic E-state index is 0.228. The molecule has 0 bridgehead atoms. The third kappa shape index (κ3) is 5.12. The van der Waals surface area contributed by atoms with Crippen molar-refractivity contribution in [3.05, 3.63) is 63.9 Å². The first-order valence-electron chi connectivity index (χ1n) is 10.3. The molecular weight excluding hydrogens is 405 g/mol. The Morgan fingerprint density at radius 3 is 2.72 bits per heavy atom. The molecule has 152 valence electrons. The van der Waals surface area contributed by atoms with Crippen LogP contribution in [-0.2, 0) is 17.8 Å². The van der Waals surface area contributed by atoms with Crippen molar-refractivity contribution >= 4 is 40.1 Å². The number of benzene rings is 2. The molecule has 1 aliphatic carbocycles. The molecule has 3 aromatic rings. The lowest BCUT2D eigenvalue weighted by molar-refractivity contribution is -0.122. The average molecular weight is 430 g/mol. The monoisotopic (exact) mass is 429 g/mol. The summed E-state index contributed by atoms with van der Waals surface area (Å²) in [6, 6.07) is 13.8. The third-order valence-electron chi connectivity index (χ3n) is 5.40. The van der Waals surface area contributed by atoms with Crippen molar-refractivity contribution in [3.63, 3.8) is 0 Å². The number of amides is 1. The minimum Gasteiger partial charge on any atom is -0.356 e. The first-order chi connectivity index (χ1) is 14.1. The molecule has 6 heteroatoms. The standard InChI is InChI=1S/C23H25Cl2N3O/c24-18-12-11-17(19(25)14-18)15-28-21-7-4-3-6-20(21)27-22(28)8-2-1-5-13-26-23(29)16-9-10-16/h3-4,6-7,11-12,14,16H,1-2,5,8-10,13,15H2,(H,26,29). The number of halogens is 2. The van der Waals surface area contributed by atoms with Gasteiger partial charge in [-0.25, -0.2) is 4.98 Å². The number of nitrogens with one attached hydrogen (secondary N) is 1. The first kappa shape index (κ1) is 20.2. The van der Waals surface area contributed by atoms with Crippen molar-refractivity contribution in [1.82, 2.24) is 14.9 Å². The average Bonchev–Trinajstić information content (AvgIpc) is 3.50. The van der Waals surface area contributed by atoms with Crippen molar-refractivity contribution in [3.8, 4) is 0 Å². The van der Waals surface area contributed by atoms with Gasteiger partial charge in [-0.1, -0.05) is 47.8 Å². The number of aromatic nitrogens is 2. The van der Waals surface area contributed by atoms with Crippen LogP contribution in [0.3, 0.4) is 0 Å². The maximum Gasteiger partial charge on any atom is 0.223 e. The fourth-order valence-electron chi connectivity index (χ4n) is 3.60. The molecule has 1 aromatic heterocycles. The number of hydrogen-bond donors (Lipinski definition) is 1. The highest BCUT2D eigenvalue weighted by Gasteiger charge is 2.28. The number of unbranched alkanes of at least 4 members (excludes halogenated alkanes) is 2. The molecule has 0 aliphatic heterocycles. The molecule has 1 N–H and O–H groups in total. The molecule has 1 saturated carbocycles. The van der Waals surface area contributed by atoms with Gasteiger partial charge in [0.1, 0.15) is 5.82 Å². The highest BCUT2D eigenvalue weighted by atomic mass is 35.5. The second-order valence-electron chi connectivity index (χ2n) is 7.71. The number of carbonyl (C=O) groups excluding carboxylic acids is 1. The summed E-state index contributed by atoms with van der Waals surface area (Å²) >= 11 is 12.5. The van der Waals surface area contributed by atoms with Gasteiger partial charge in [-0.05, 0) is 55.5 Å². The predicted molar refractivity (Wildman–Crippen MR) is 119 cm³/mol. The van der Waals surface area contributed by atoms with Gasteiger partial charge in [0, 0.05) is 28.9 Å². The molecule has 0 unspecified atom stereocenters. The lowest BCUT2D eigenvalue weighted by Gasteiger charge is -2.11. The van der Waals surface area contributed by atoms with E-state index < -0.39 is 0 Å². The molecule has 0 radical (unpaired) electrons. The molecule has 0 saturated heterocycles. The largest absolute Gasteiger partial charge is 0.356 e. The lowest BCUT2D eigenvalue weighted by Crippen LogP contribution is -2.25. The molecular formula is C23H25Cl2N3O. The number of fused-ring (bicyclic) bond motifs is 1. The summed E-state index contributed by atoms with van der Waals surface area (Å²) in [5.74, 6) is 1.58. The number of aryl methyl sites for hydroxylation is 1. The van der Waals surface area contributed by atoms with E-state index in [4.69, 9.17) is 28.2 Å². The summed E-state index contributed by atoms with van der Waals surface area (Å²) < 4.78 is 2.25. The summed E-state index contributed by atoms with van der Waals surface area (Å²) in [4.78, 5) is 16.5. The van der Waals surface area contributed by atoms with Crippen LogP contribution in [0.5, 0.6) is 0 Å². The summed E-state index contributed by atoms with van der Waals surface area (Å²) in [7, 11) is 0. The molecule has 0 spiro atoms. The highest BCUT2D eigenvalue weighted by Crippen LogP contribution is 2.28. The zero-order valence-electron chi connectivity index (χ0n) is 16.3. The zero-order chi connectivity index (χ0) is 20.2. The summed E-state index contributed by atoms with van der Waals surface area (Å²) in [6.45, 7) is 1.44. The lowest BCUT2D eigenvalue weighted by atomic mass is 10.1. The summed E-state index contributed by atoms with van der Waals surface area (Å²) in [5.41, 5.74) is 3.15. The highest BCUT2D eigenvalue weighted by molar-refractivity contribution is 6.35. The van der Waals surface area contributed by atoms with Gasteiger partial charge >= 0.3 is 0 Å². The third-order valence-corrected chi connectivity index (χ3v) is 5.99. The molecule has 29 heavy (non-hydrogen) atoms. The van der Waals surface area contributed by atoms with Crippen molar-refractivity contribution < 1.29 is 4.79 Å². The van der Waals surface area contributed by atoms with Crippen LogP contribution in [0.1, 0.15) is 43.5 Å². The maximum absolute atomic E-state index is 11.7. The molecule has 2 aromatic carbocycles. The Labute approximate surface area is 181 Å². The van der Waals surface area contributed by atoms with Gasteiger partial charge in [0.15, 0.2) is 0 Å². The summed E-state index contributed by atoms with van der Waals surface area (Å²) in [5, 5.41) is 4.35. The van der Waals surface area contributed by atoms with Crippen LogP contribution < -0.4 is 5.32 Å². The molecule has 1 aliphatic rings. The quantitative estimate of drug-likeness (QED) is 0.447. The fourth-order valence-corrected chi connectivity index (χ4v) is 4.07. The SMILES string of the molecule is O=C(NCCCCCc1nc2ccccc2n1Cc1ccc(Cl)cc1Cl)C1CC1. The van der Waals surface area contributed by atoms with Crippen molar-refractivity contribution in [2.24, 2.45) is 5.92 Å². The Morgan fingerprint density at radius 2 is 1.93 bits per heavy atom. The van der Waals surface area contributed by atoms with Gasteiger partial charge in [-0.15, -0.1) is 0 Å². The second kappa shape index (κ2) is 9.19. The predicted octanol–water partition coefficient (Wildman–Crippen LogP) is 5.63. The molecule has 1 amide bonds. The first-order valence-corrected chi connectivity index (χ1v) is 11.0. The molecule has 1 heterocycles. The van der Waals surface area contributed by atoms with Crippen LogP contribution in [0.2, 0.25) is 10.0 Å². The fraction of sp³-hybridized carbons (Fsp3) is 0.391. The summed E-state index contributed by atoms with van der Waals surface area (Å²) in [6.07, 6.45) is 6.12. The van der Waals surface area contributed by atoms with Crippen LogP contribution in [0.4, 0.5) is 0 Å². The van der Waals surface area contributed by atoms with E-state index in [1.807, 2.05) is 30.3 Å². The van der Waals surface area contributed by atoms with E-state index in [9.17, 15) is 4.79 Å². The number of imidazole rings is 1. The smallest absolute Gasteiger partial charge is 0.223 e. The van der Waals surface area contributed by atoms with Gasteiger partial charge < -0.3 is 9.88 Å². The van der Waals surface area contributed by atoms with Crippen LogP contribution in [-0.4, -0.2) is 22.0 Å². The zero-order valence-corrected chi connectivity index (χ0v) is 17.8. The van der Waals surface area contributed by atoms with Gasteiger partial charge in [-0.2, -0.15) is 0 Å². The number of rotatable bonds is 9. The van der Waals surface area contributed by atoms with E-state index >= 15 is 0 Å². The van der Waals surface area contributed by atoms with Crippen LogP contribution in [0, 0.1) is 5.92 Å². The Balaban J connectivity index is 1.40. The minimum absolute atomic E-state index is 0.228. The van der Waals surface area contributed by atoms with E-state index in [1.54, 1.807) is 6.07 Å². The van der Waals surface area contributed by atoms with Crippen molar-refractivity contribution in [2.75, 3.05) is 6.54 Å². The normalized spacial score (nSPS) is 13.7. The van der Waals surface area contributed by atoms with Crippen molar-refractivity contribution in [2.45, 2.75) is 45.1 Å². The van der Waals surface area contributed by atoms with Gasteiger partial charge in [0.2, 0.25) is 5.91 Å². The van der Waals surface area contributed by atoms with E-state index in [1.165, 1.54) is 0 Å². The Bertz CT molecular complexity index is 1010. The van der Waals surface area contributed by atoms with E-state index in [0.717, 1.165) is 67.5 Å². The van der Waals surface area contributed by atoms with Crippen LogP contribution in [0.25, 0.3) is 11.0 Å². The number of carbonyl (C=O) groups is 1. The van der Waals surface area contributed by atoms with Crippen LogP contribution >= 0.6 is 23.2 Å². The van der Waals surface area contributed by atoms with Gasteiger partial charge in [0.25, 0.3) is 0 Å². The Morgan fingerprint density at radius 1 is 1.10 bits per heavy atom. The number of hydrogen-bond acceptors (Lipinski definition) is 2. The van der Waals surface area contributed by atoms with Crippen LogP contribution in [0.15, 0.2) is 42.5 Å². The number of nitrogens with zero attached hydrogens (tertiary/aromatic N) is 2. The van der Waals surface area contributed by atoms with E-state index in [-0.39, 0.29) is 11.8 Å². The molecule has 1 fully saturated rings. The topological polar surface area (TPSA) is 46.9 Å². The Kier molecular flexibility index (Phi) is 6.41. The van der Waals surface area contributed by atoms with E-state index in [2.05, 4.69) is 16.0 Å². The van der Waals surface area contributed by atoms with Gasteiger partial charge in [-0.3, -0.25) is 4.79 Å². The van der Waals surface area contributed by atoms with Crippen molar-refractivity contribution in [1.29, 1.82) is 0 Å². The number of para-hydroxylation sites is 2. The van der Waals surface area contributed by atoms with Gasteiger partial charge in [0.05, 0.1) is 17.6 Å².